The first-order chi connectivity index (χ1) is 11.5. The zero-order valence-corrected chi connectivity index (χ0v) is 15.7. The van der Waals surface area contributed by atoms with Crippen molar-refractivity contribution >= 4 is 5.91 Å². The summed E-state index contributed by atoms with van der Waals surface area (Å²) in [5, 5.41) is 10.3. The average Bonchev–Trinajstić information content (AvgIpc) is 2.60. The number of nitrogens with one attached hydrogen (secondary N) is 1. The number of rotatable bonds is 10. The Labute approximate surface area is 146 Å². The van der Waals surface area contributed by atoms with Crippen molar-refractivity contribution in [1.82, 2.24) is 15.5 Å². The van der Waals surface area contributed by atoms with Gasteiger partial charge in [-0.2, -0.15) is 5.10 Å². The van der Waals surface area contributed by atoms with Crippen LogP contribution in [-0.2, 0) is 4.74 Å². The maximum absolute atomic E-state index is 11.4. The lowest BCUT2D eigenvalue weighted by atomic mass is 10.1. The molecule has 24 heavy (non-hydrogen) atoms. The lowest BCUT2D eigenvalue weighted by Crippen LogP contribution is -2.28. The van der Waals surface area contributed by atoms with E-state index in [-0.39, 0.29) is 5.91 Å². The van der Waals surface area contributed by atoms with Crippen LogP contribution in [0.3, 0.4) is 0 Å². The molecule has 0 bridgehead atoms. The fourth-order valence-corrected chi connectivity index (χ4v) is 1.85. The molecule has 0 radical (unpaired) electrons. The van der Waals surface area contributed by atoms with Crippen molar-refractivity contribution < 1.29 is 9.53 Å². The smallest absolute Gasteiger partial charge is 0.271 e. The largest absolute Gasteiger partial charge is 0.380 e. The van der Waals surface area contributed by atoms with Gasteiger partial charge >= 0.3 is 0 Å². The predicted molar refractivity (Wildman–Crippen MR) is 98.0 cm³/mol. The van der Waals surface area contributed by atoms with Crippen LogP contribution in [0.5, 0.6) is 0 Å². The van der Waals surface area contributed by atoms with Crippen LogP contribution in [0.4, 0.5) is 0 Å². The van der Waals surface area contributed by atoms with Gasteiger partial charge in [-0.1, -0.05) is 33.1 Å². The van der Waals surface area contributed by atoms with E-state index in [9.17, 15) is 4.79 Å². The lowest BCUT2D eigenvalue weighted by Gasteiger charge is -2.05. The van der Waals surface area contributed by atoms with Gasteiger partial charge in [-0.25, -0.2) is 0 Å². The number of aromatic nitrogens is 2. The van der Waals surface area contributed by atoms with Gasteiger partial charge in [0.1, 0.15) is 0 Å². The highest BCUT2D eigenvalue weighted by atomic mass is 16.5. The summed E-state index contributed by atoms with van der Waals surface area (Å²) in [4.78, 5) is 11.4. The molecule has 0 aliphatic carbocycles. The molecule has 1 rings (SSSR count). The van der Waals surface area contributed by atoms with Gasteiger partial charge in [-0.15, -0.1) is 5.10 Å². The summed E-state index contributed by atoms with van der Waals surface area (Å²) in [6, 6.07) is 3.86. The first-order valence-corrected chi connectivity index (χ1v) is 8.96. The van der Waals surface area contributed by atoms with Crippen LogP contribution < -0.4 is 11.1 Å². The molecule has 0 spiro atoms. The third-order valence-electron chi connectivity index (χ3n) is 3.47. The Hall–Kier alpha value is -1.53. The molecule has 1 heterocycles. The minimum Gasteiger partial charge on any atom is -0.380 e. The van der Waals surface area contributed by atoms with Crippen molar-refractivity contribution in [2.45, 2.75) is 65.8 Å². The summed E-state index contributed by atoms with van der Waals surface area (Å²) in [6.45, 7) is 9.76. The van der Waals surface area contributed by atoms with Crippen LogP contribution in [0.25, 0.3) is 0 Å². The van der Waals surface area contributed by atoms with E-state index in [0.29, 0.717) is 31.5 Å². The predicted octanol–water partition coefficient (Wildman–Crippen LogP) is 2.86. The molecule has 6 nitrogen and oxygen atoms in total. The fraction of sp³-hybridized carbons (Fsp3) is 0.722. The number of amides is 1. The van der Waals surface area contributed by atoms with Crippen molar-refractivity contribution in [3.63, 3.8) is 0 Å². The molecule has 138 valence electrons. The molecule has 3 N–H and O–H groups in total. The zero-order chi connectivity index (χ0) is 18.2. The summed E-state index contributed by atoms with van der Waals surface area (Å²) in [7, 11) is 0. The van der Waals surface area contributed by atoms with Gasteiger partial charge in [0.15, 0.2) is 5.69 Å². The molecule has 1 aromatic rings. The maximum atomic E-state index is 11.4. The van der Waals surface area contributed by atoms with Gasteiger partial charge in [0.05, 0.1) is 12.3 Å². The molecule has 0 aliphatic heterocycles. The van der Waals surface area contributed by atoms with Crippen molar-refractivity contribution in [2.24, 2.45) is 5.73 Å². The maximum Gasteiger partial charge on any atom is 0.271 e. The van der Waals surface area contributed by atoms with Crippen LogP contribution in [-0.4, -0.2) is 41.9 Å². The highest BCUT2D eigenvalue weighted by molar-refractivity contribution is 5.91. The fourth-order valence-electron chi connectivity index (χ4n) is 1.85. The van der Waals surface area contributed by atoms with E-state index in [1.807, 2.05) is 13.8 Å². The van der Waals surface area contributed by atoms with Crippen molar-refractivity contribution in [3.05, 3.63) is 23.5 Å². The van der Waals surface area contributed by atoms with Gasteiger partial charge in [0.25, 0.3) is 5.91 Å². The molecule has 1 aromatic heterocycles. The van der Waals surface area contributed by atoms with Crippen LogP contribution >= 0.6 is 0 Å². The van der Waals surface area contributed by atoms with Gasteiger partial charge in [0.2, 0.25) is 0 Å². The highest BCUT2D eigenvalue weighted by Crippen LogP contribution is 2.03. The Bertz CT molecular complexity index is 424. The average molecular weight is 338 g/mol. The Morgan fingerprint density at radius 1 is 1.25 bits per heavy atom. The van der Waals surface area contributed by atoms with Crippen LogP contribution in [0.1, 0.15) is 69.1 Å². The van der Waals surface area contributed by atoms with Crippen LogP contribution in [0.2, 0.25) is 0 Å². The molecule has 0 aliphatic rings. The van der Waals surface area contributed by atoms with Crippen LogP contribution in [0, 0.1) is 6.92 Å². The minimum atomic E-state index is -0.220. The van der Waals surface area contributed by atoms with Gasteiger partial charge in [-0.05, 0) is 38.8 Å². The summed E-state index contributed by atoms with van der Waals surface area (Å²) in [6.07, 6.45) is 6.30. The molecule has 0 saturated carbocycles. The first kappa shape index (κ1) is 22.5. The van der Waals surface area contributed by atoms with E-state index in [4.69, 9.17) is 10.5 Å². The summed E-state index contributed by atoms with van der Waals surface area (Å²) in [5.41, 5.74) is 6.84. The number of carbonyl (C=O) groups is 1. The molecule has 0 fully saturated rings. The van der Waals surface area contributed by atoms with Crippen molar-refractivity contribution in [3.8, 4) is 0 Å². The Kier molecular flexibility index (Phi) is 14.1. The van der Waals surface area contributed by atoms with E-state index >= 15 is 0 Å². The third-order valence-corrected chi connectivity index (χ3v) is 3.47. The zero-order valence-electron chi connectivity index (χ0n) is 15.7. The third kappa shape index (κ3) is 12.0. The highest BCUT2D eigenvalue weighted by Gasteiger charge is 2.05. The number of ether oxygens (including phenoxy) is 1. The SMILES string of the molecule is CCCCCC(N)CC.CCOCCNC(=O)c1ccc(C)nn1. The second-order valence-electron chi connectivity index (χ2n) is 5.68. The normalized spacial score (nSPS) is 11.4. The molecule has 1 amide bonds. The number of unbranched alkanes of at least 4 members (excludes halogenated alkanes) is 2. The quantitative estimate of drug-likeness (QED) is 0.640. The first-order valence-electron chi connectivity index (χ1n) is 8.96. The Balaban J connectivity index is 0.000000506. The van der Waals surface area contributed by atoms with Gasteiger partial charge in [-0.3, -0.25) is 4.79 Å². The second-order valence-corrected chi connectivity index (χ2v) is 5.68. The molecular weight excluding hydrogens is 304 g/mol. The number of nitrogens with two attached hydrogens (primary N) is 1. The van der Waals surface area contributed by atoms with Gasteiger partial charge < -0.3 is 15.8 Å². The van der Waals surface area contributed by atoms with E-state index in [1.165, 1.54) is 25.7 Å². The topological polar surface area (TPSA) is 90.1 Å². The molecular formula is C18H34N4O2. The summed E-state index contributed by atoms with van der Waals surface area (Å²) >= 11 is 0. The standard InChI is InChI=1S/C10H15N3O2.C8H19N/c1-3-15-7-6-11-10(14)9-5-4-8(2)12-13-9;1-3-5-6-7-8(9)4-2/h4-5H,3,6-7H2,1-2H3,(H,11,14);8H,3-7,9H2,1-2H3. The van der Waals surface area contributed by atoms with E-state index in [0.717, 1.165) is 12.1 Å². The van der Waals surface area contributed by atoms with Crippen LogP contribution in [0.15, 0.2) is 12.1 Å². The summed E-state index contributed by atoms with van der Waals surface area (Å²) in [5.74, 6) is -0.220. The molecule has 1 atom stereocenters. The number of nitrogens with zero attached hydrogens (tertiary/aromatic N) is 2. The second kappa shape index (κ2) is 15.0. The molecule has 0 aromatic carbocycles. The summed E-state index contributed by atoms with van der Waals surface area (Å²) < 4.78 is 5.09. The molecule has 1 unspecified atom stereocenters. The lowest BCUT2D eigenvalue weighted by molar-refractivity contribution is 0.0916. The Morgan fingerprint density at radius 3 is 2.54 bits per heavy atom. The molecule has 0 saturated heterocycles. The minimum absolute atomic E-state index is 0.220. The van der Waals surface area contributed by atoms with Crippen molar-refractivity contribution in [1.29, 1.82) is 0 Å². The number of hydrogen-bond donors (Lipinski definition) is 2. The number of carbonyl (C=O) groups excluding carboxylic acids is 1. The van der Waals surface area contributed by atoms with E-state index < -0.39 is 0 Å². The number of hydrogen-bond acceptors (Lipinski definition) is 5. The van der Waals surface area contributed by atoms with Crippen molar-refractivity contribution in [2.75, 3.05) is 19.8 Å². The van der Waals surface area contributed by atoms with E-state index in [2.05, 4.69) is 29.4 Å². The van der Waals surface area contributed by atoms with E-state index in [1.54, 1.807) is 12.1 Å². The molecule has 6 heteroatoms. The van der Waals surface area contributed by atoms with Gasteiger partial charge in [0, 0.05) is 19.2 Å². The number of aryl methyl sites for hydroxylation is 1. The monoisotopic (exact) mass is 338 g/mol. The Morgan fingerprint density at radius 2 is 2.00 bits per heavy atom.